The fourth-order valence-corrected chi connectivity index (χ4v) is 2.58. The number of nitrogen functional groups attached to an aromatic ring is 1. The number of carbonyl (C=O) groups is 1. The van der Waals surface area contributed by atoms with Crippen LogP contribution < -0.4 is 15.8 Å². The fourth-order valence-electron chi connectivity index (χ4n) is 2.10. The lowest BCUT2D eigenvalue weighted by Gasteiger charge is -2.18. The Hall–Kier alpha value is -1.31. The summed E-state index contributed by atoms with van der Waals surface area (Å²) in [5, 5.41) is 3.17. The van der Waals surface area contributed by atoms with Crippen LogP contribution in [0.3, 0.4) is 0 Å². The van der Waals surface area contributed by atoms with Crippen LogP contribution in [0.4, 0.5) is 5.69 Å². The fraction of sp³-hybridized carbons (Fsp3) is 0.562. The van der Waals surface area contributed by atoms with Crippen molar-refractivity contribution in [2.45, 2.75) is 13.8 Å². The second-order valence-electron chi connectivity index (χ2n) is 5.28. The summed E-state index contributed by atoms with van der Waals surface area (Å²) >= 11 is 6.03. The molecule has 1 atom stereocenters. The average Bonchev–Trinajstić information content (AvgIpc) is 2.54. The van der Waals surface area contributed by atoms with Gasteiger partial charge in [0.1, 0.15) is 5.75 Å². The molecule has 6 nitrogen and oxygen atoms in total. The van der Waals surface area contributed by atoms with E-state index >= 15 is 0 Å². The molecule has 0 radical (unpaired) electrons. The van der Waals surface area contributed by atoms with Crippen LogP contribution in [0.1, 0.15) is 24.2 Å². The number of amides is 1. The number of nitrogens with one attached hydrogen (secondary N) is 1. The Morgan fingerprint density at radius 1 is 1.38 bits per heavy atom. The normalized spacial score (nSPS) is 12.2. The van der Waals surface area contributed by atoms with Crippen LogP contribution in [0.15, 0.2) is 12.1 Å². The van der Waals surface area contributed by atoms with Crippen LogP contribution >= 0.6 is 11.6 Å². The molecule has 0 aliphatic carbocycles. The summed E-state index contributed by atoms with van der Waals surface area (Å²) < 4.78 is 16.7. The predicted octanol–water partition coefficient (Wildman–Crippen LogP) is 1.75. The van der Waals surface area contributed by atoms with Crippen LogP contribution in [0.25, 0.3) is 0 Å². The van der Waals surface area contributed by atoms with Gasteiger partial charge < -0.3 is 20.7 Å². The highest BCUT2D eigenvalue weighted by Gasteiger charge is 2.16. The van der Waals surface area contributed by atoms with E-state index in [0.29, 0.717) is 34.3 Å². The Labute approximate surface area is 151 Å². The molecule has 0 fully saturated rings. The third-order valence-electron chi connectivity index (χ3n) is 3.58. The van der Waals surface area contributed by atoms with Crippen molar-refractivity contribution in [1.29, 1.82) is 0 Å². The van der Waals surface area contributed by atoms with Gasteiger partial charge in [0.25, 0.3) is 5.91 Å². The highest BCUT2D eigenvalue weighted by atomic mass is 35.5. The van der Waals surface area contributed by atoms with Crippen LogP contribution in [-0.2, 0) is 10.8 Å². The minimum absolute atomic E-state index is 0.240. The number of anilines is 1. The maximum atomic E-state index is 12.4. The minimum Gasteiger partial charge on any atom is -0.492 e. The number of benzene rings is 1. The molecule has 3 N–H and O–H groups in total. The molecule has 0 aliphatic rings. The molecule has 8 heteroatoms. The van der Waals surface area contributed by atoms with Crippen molar-refractivity contribution in [3.63, 3.8) is 0 Å². The second kappa shape index (κ2) is 10.5. The molecular formula is C16H26ClN3O3S. The molecular weight excluding hydrogens is 350 g/mol. The smallest absolute Gasteiger partial charge is 0.255 e. The summed E-state index contributed by atoms with van der Waals surface area (Å²) in [5.74, 6) is 0.463. The number of nitrogens with zero attached hydrogens (tertiary/aromatic N) is 1. The van der Waals surface area contributed by atoms with Gasteiger partial charge in [0.05, 0.1) is 28.6 Å². The van der Waals surface area contributed by atoms with Crippen molar-refractivity contribution in [3.8, 4) is 5.75 Å². The molecule has 1 rings (SSSR count). The molecule has 0 saturated carbocycles. The predicted molar refractivity (Wildman–Crippen MR) is 100 cm³/mol. The number of ether oxygens (including phenoxy) is 1. The van der Waals surface area contributed by atoms with Crippen molar-refractivity contribution in [2.24, 2.45) is 0 Å². The van der Waals surface area contributed by atoms with Crippen molar-refractivity contribution in [1.82, 2.24) is 10.2 Å². The largest absolute Gasteiger partial charge is 0.492 e. The molecule has 1 amide bonds. The Kier molecular flexibility index (Phi) is 9.10. The van der Waals surface area contributed by atoms with Crippen molar-refractivity contribution in [2.75, 3.05) is 50.5 Å². The van der Waals surface area contributed by atoms with Crippen LogP contribution in [0, 0.1) is 0 Å². The molecule has 0 spiro atoms. The van der Waals surface area contributed by atoms with E-state index in [-0.39, 0.29) is 12.5 Å². The lowest BCUT2D eigenvalue weighted by atomic mass is 10.1. The summed E-state index contributed by atoms with van der Waals surface area (Å²) in [6.45, 7) is 7.56. The summed E-state index contributed by atoms with van der Waals surface area (Å²) in [7, 11) is -0.967. The maximum absolute atomic E-state index is 12.4. The molecule has 0 aliphatic heterocycles. The molecule has 1 aromatic carbocycles. The Morgan fingerprint density at radius 2 is 2.04 bits per heavy atom. The zero-order valence-corrected chi connectivity index (χ0v) is 16.0. The van der Waals surface area contributed by atoms with Gasteiger partial charge in [-0.1, -0.05) is 25.4 Å². The quantitative estimate of drug-likeness (QED) is 0.608. The van der Waals surface area contributed by atoms with E-state index in [1.165, 1.54) is 12.1 Å². The number of hydrogen-bond donors (Lipinski definition) is 2. The zero-order chi connectivity index (χ0) is 18.1. The monoisotopic (exact) mass is 375 g/mol. The van der Waals surface area contributed by atoms with E-state index in [0.717, 1.165) is 19.6 Å². The topological polar surface area (TPSA) is 84.7 Å². The number of rotatable bonds is 10. The number of nitrogens with two attached hydrogens (primary N) is 1. The molecule has 0 unspecified atom stereocenters. The molecule has 0 heterocycles. The van der Waals surface area contributed by atoms with Crippen molar-refractivity contribution < 1.29 is 13.7 Å². The van der Waals surface area contributed by atoms with E-state index in [9.17, 15) is 9.00 Å². The van der Waals surface area contributed by atoms with Gasteiger partial charge in [-0.05, 0) is 19.2 Å². The summed E-state index contributed by atoms with van der Waals surface area (Å²) in [6.07, 6.45) is 1.60. The van der Waals surface area contributed by atoms with Crippen LogP contribution in [0.2, 0.25) is 5.02 Å². The third kappa shape index (κ3) is 6.67. The van der Waals surface area contributed by atoms with E-state index in [1.54, 1.807) is 6.26 Å². The summed E-state index contributed by atoms with van der Waals surface area (Å²) in [5.41, 5.74) is 6.45. The number of halogens is 1. The van der Waals surface area contributed by atoms with E-state index in [4.69, 9.17) is 22.1 Å². The molecule has 0 aromatic heterocycles. The third-order valence-corrected chi connectivity index (χ3v) is 4.65. The average molecular weight is 376 g/mol. The van der Waals surface area contributed by atoms with Gasteiger partial charge in [0.2, 0.25) is 0 Å². The number of carbonyl (C=O) groups excluding carboxylic acids is 1. The van der Waals surface area contributed by atoms with Gasteiger partial charge in [0, 0.05) is 36.2 Å². The molecule has 24 heavy (non-hydrogen) atoms. The highest BCUT2D eigenvalue weighted by Crippen LogP contribution is 2.29. The Bertz CT molecular complexity index is 580. The van der Waals surface area contributed by atoms with Crippen molar-refractivity contribution >= 4 is 34.0 Å². The number of hydrogen-bond acceptors (Lipinski definition) is 5. The summed E-state index contributed by atoms with van der Waals surface area (Å²) in [6, 6.07) is 3.03. The van der Waals surface area contributed by atoms with Crippen LogP contribution in [0.5, 0.6) is 5.75 Å². The van der Waals surface area contributed by atoms with E-state index in [2.05, 4.69) is 24.1 Å². The highest BCUT2D eigenvalue weighted by molar-refractivity contribution is 7.84. The van der Waals surface area contributed by atoms with Gasteiger partial charge in [0.15, 0.2) is 0 Å². The first-order valence-electron chi connectivity index (χ1n) is 7.91. The lowest BCUT2D eigenvalue weighted by Crippen LogP contribution is -2.35. The van der Waals surface area contributed by atoms with Gasteiger partial charge in [-0.25, -0.2) is 0 Å². The first kappa shape index (κ1) is 20.7. The van der Waals surface area contributed by atoms with Gasteiger partial charge >= 0.3 is 0 Å². The molecule has 0 bridgehead atoms. The maximum Gasteiger partial charge on any atom is 0.255 e. The lowest BCUT2D eigenvalue weighted by molar-refractivity contribution is 0.0945. The first-order chi connectivity index (χ1) is 11.4. The van der Waals surface area contributed by atoms with Crippen molar-refractivity contribution in [3.05, 3.63) is 22.7 Å². The molecule has 0 saturated heterocycles. The van der Waals surface area contributed by atoms with Gasteiger partial charge in [-0.15, -0.1) is 0 Å². The number of likely N-dealkylation sites (N-methyl/N-ethyl adjacent to an activating group) is 1. The molecule has 136 valence electrons. The Morgan fingerprint density at radius 3 is 2.62 bits per heavy atom. The molecule has 1 aromatic rings. The van der Waals surface area contributed by atoms with Gasteiger partial charge in [-0.3, -0.25) is 9.00 Å². The van der Waals surface area contributed by atoms with Crippen LogP contribution in [-0.4, -0.2) is 59.8 Å². The Balaban J connectivity index is 2.77. The second-order valence-corrected chi connectivity index (χ2v) is 7.24. The SMILES string of the molecule is CCN(CC)CCNC(=O)c1cc(Cl)c(N)cc1OCC[S@](C)=O. The summed E-state index contributed by atoms with van der Waals surface area (Å²) in [4.78, 5) is 14.6. The van der Waals surface area contributed by atoms with E-state index in [1.807, 2.05) is 0 Å². The zero-order valence-electron chi connectivity index (χ0n) is 14.4. The standard InChI is InChI=1S/C16H26ClN3O3S/c1-4-20(5-2)7-6-19-16(21)12-10-13(17)14(18)11-15(12)23-8-9-24(3)22/h10-11H,4-9,18H2,1-3H3,(H,19,21)/t24-/m0/s1. The first-order valence-corrected chi connectivity index (χ1v) is 10.0. The van der Waals surface area contributed by atoms with E-state index < -0.39 is 10.8 Å². The minimum atomic E-state index is -0.967. The van der Waals surface area contributed by atoms with Gasteiger partial charge in [-0.2, -0.15) is 0 Å².